The Morgan fingerprint density at radius 2 is 1.72 bits per heavy atom. The minimum atomic E-state index is -0.224. The number of nitrogens with zero attached hydrogens (tertiary/aromatic N) is 1. The fourth-order valence-electron chi connectivity index (χ4n) is 9.00. The van der Waals surface area contributed by atoms with Gasteiger partial charge in [-0.25, -0.2) is 4.39 Å². The van der Waals surface area contributed by atoms with Gasteiger partial charge in [-0.1, -0.05) is 32.9 Å². The van der Waals surface area contributed by atoms with Crippen molar-refractivity contribution >= 4 is 5.91 Å². The lowest BCUT2D eigenvalue weighted by Gasteiger charge is -2.56. The third-order valence-corrected chi connectivity index (χ3v) is 10.6. The summed E-state index contributed by atoms with van der Waals surface area (Å²) in [5, 5.41) is 0. The fraction of sp³-hybridized carbons (Fsp3) is 0.781. The number of carbonyl (C=O) groups excluding carboxylic acids is 1. The van der Waals surface area contributed by atoms with E-state index >= 15 is 0 Å². The van der Waals surface area contributed by atoms with Crippen molar-refractivity contribution in [1.29, 1.82) is 0 Å². The highest BCUT2D eigenvalue weighted by atomic mass is 19.1. The van der Waals surface area contributed by atoms with E-state index in [1.165, 1.54) is 63.5 Å². The first kappa shape index (κ1) is 27.6. The molecule has 4 heteroatoms. The first-order valence-corrected chi connectivity index (χ1v) is 15.0. The number of fused-ring (bicyclic) bond motifs is 5. The third kappa shape index (κ3) is 5.40. The summed E-state index contributed by atoms with van der Waals surface area (Å²) in [4.78, 5) is 15.5. The van der Waals surface area contributed by atoms with E-state index in [0.717, 1.165) is 54.8 Å². The molecule has 5 rings (SSSR count). The topological polar surface area (TPSA) is 29.5 Å². The fourth-order valence-corrected chi connectivity index (χ4v) is 9.00. The van der Waals surface area contributed by atoms with Gasteiger partial charge in [0.25, 0.3) is 0 Å². The van der Waals surface area contributed by atoms with Crippen LogP contribution in [0.5, 0.6) is 0 Å². The van der Waals surface area contributed by atoms with E-state index in [4.69, 9.17) is 4.74 Å². The standard InChI is InChI=1S/C30H44FNO2.C2H6/c1-4-34-19-21-7-11-24-22(17-21)8-12-26-25(24)15-16-30(2)27(26)13-14-28(30)29(33)32(3)18-20-5-9-23(31)10-6-20;1-2/h5-6,9-10,21-22,24-28H,4,7-8,11-19H2,1-3H3;1-2H3/t21-,22?,24?,25?,26?,27?,28+,30?;/m0./s1. The molecule has 202 valence electrons. The van der Waals surface area contributed by atoms with Crippen LogP contribution in [0, 0.1) is 52.7 Å². The normalized spacial score (nSPS) is 37.1. The number of halogens is 1. The maximum atomic E-state index is 13.6. The molecule has 0 saturated heterocycles. The number of hydrogen-bond donors (Lipinski definition) is 0. The smallest absolute Gasteiger partial charge is 0.226 e. The summed E-state index contributed by atoms with van der Waals surface area (Å²) in [6.07, 6.45) is 11.7. The summed E-state index contributed by atoms with van der Waals surface area (Å²) >= 11 is 0. The first-order chi connectivity index (χ1) is 17.4. The van der Waals surface area contributed by atoms with Gasteiger partial charge in [0, 0.05) is 32.7 Å². The monoisotopic (exact) mass is 499 g/mol. The molecule has 0 radical (unpaired) electrons. The average Bonchev–Trinajstić information content (AvgIpc) is 3.26. The van der Waals surface area contributed by atoms with Crippen molar-refractivity contribution < 1.29 is 13.9 Å². The molecular formula is C32H50FNO2. The molecule has 0 aliphatic heterocycles. The Balaban J connectivity index is 0.00000148. The third-order valence-electron chi connectivity index (χ3n) is 10.6. The van der Waals surface area contributed by atoms with Crippen LogP contribution in [-0.2, 0) is 16.1 Å². The first-order valence-electron chi connectivity index (χ1n) is 15.0. The molecule has 6 unspecified atom stereocenters. The van der Waals surface area contributed by atoms with Crippen LogP contribution < -0.4 is 0 Å². The second kappa shape index (κ2) is 12.0. The van der Waals surface area contributed by atoms with Crippen molar-refractivity contribution in [1.82, 2.24) is 4.90 Å². The summed E-state index contributed by atoms with van der Waals surface area (Å²) in [5.74, 6) is 5.24. The van der Waals surface area contributed by atoms with Gasteiger partial charge in [-0.3, -0.25) is 4.79 Å². The number of ether oxygens (including phenoxy) is 1. The van der Waals surface area contributed by atoms with Gasteiger partial charge >= 0.3 is 0 Å². The Labute approximate surface area is 219 Å². The Bertz CT molecular complexity index is 856. The van der Waals surface area contributed by atoms with Crippen LogP contribution in [0.4, 0.5) is 4.39 Å². The highest BCUT2D eigenvalue weighted by Crippen LogP contribution is 2.64. The number of benzene rings is 1. The Hall–Kier alpha value is -1.42. The number of amides is 1. The molecule has 4 fully saturated rings. The van der Waals surface area contributed by atoms with E-state index in [9.17, 15) is 9.18 Å². The molecule has 36 heavy (non-hydrogen) atoms. The maximum absolute atomic E-state index is 13.6. The molecule has 0 heterocycles. The van der Waals surface area contributed by atoms with Crippen LogP contribution in [0.2, 0.25) is 0 Å². The van der Waals surface area contributed by atoms with Crippen LogP contribution in [0.1, 0.15) is 91.0 Å². The van der Waals surface area contributed by atoms with Gasteiger partial charge in [0.05, 0.1) is 0 Å². The zero-order chi connectivity index (χ0) is 25.9. The lowest BCUT2D eigenvalue weighted by Crippen LogP contribution is -2.50. The van der Waals surface area contributed by atoms with Gasteiger partial charge in [-0.2, -0.15) is 0 Å². The van der Waals surface area contributed by atoms with Crippen LogP contribution in [0.25, 0.3) is 0 Å². The van der Waals surface area contributed by atoms with E-state index in [0.29, 0.717) is 18.4 Å². The molecule has 3 nitrogen and oxygen atoms in total. The molecule has 0 spiro atoms. The molecule has 4 saturated carbocycles. The summed E-state index contributed by atoms with van der Waals surface area (Å²) in [5.41, 5.74) is 1.15. The van der Waals surface area contributed by atoms with Gasteiger partial charge in [0.1, 0.15) is 5.82 Å². The van der Waals surface area contributed by atoms with Crippen LogP contribution in [0.3, 0.4) is 0 Å². The zero-order valence-electron chi connectivity index (χ0n) is 23.5. The Morgan fingerprint density at radius 3 is 2.44 bits per heavy atom. The van der Waals surface area contributed by atoms with Crippen molar-refractivity contribution in [3.05, 3.63) is 35.6 Å². The Morgan fingerprint density at radius 1 is 1.00 bits per heavy atom. The zero-order valence-corrected chi connectivity index (χ0v) is 23.5. The minimum Gasteiger partial charge on any atom is -0.381 e. The lowest BCUT2D eigenvalue weighted by molar-refractivity contribution is -0.142. The van der Waals surface area contributed by atoms with Crippen molar-refractivity contribution in [2.45, 2.75) is 92.0 Å². The maximum Gasteiger partial charge on any atom is 0.226 e. The Kier molecular flexibility index (Phi) is 9.18. The van der Waals surface area contributed by atoms with Gasteiger partial charge in [-0.05, 0) is 123 Å². The van der Waals surface area contributed by atoms with Gasteiger partial charge in [0.2, 0.25) is 5.91 Å². The van der Waals surface area contributed by atoms with Crippen molar-refractivity contribution in [2.75, 3.05) is 20.3 Å². The number of hydrogen-bond acceptors (Lipinski definition) is 2. The van der Waals surface area contributed by atoms with E-state index in [1.54, 1.807) is 12.1 Å². The predicted octanol–water partition coefficient (Wildman–Crippen LogP) is 7.73. The van der Waals surface area contributed by atoms with Gasteiger partial charge in [0.15, 0.2) is 0 Å². The van der Waals surface area contributed by atoms with Crippen molar-refractivity contribution in [2.24, 2.45) is 46.8 Å². The molecule has 0 aromatic heterocycles. The van der Waals surface area contributed by atoms with E-state index in [-0.39, 0.29) is 17.2 Å². The van der Waals surface area contributed by atoms with E-state index in [1.807, 2.05) is 25.8 Å². The highest BCUT2D eigenvalue weighted by molar-refractivity contribution is 5.80. The van der Waals surface area contributed by atoms with Crippen molar-refractivity contribution in [3.8, 4) is 0 Å². The predicted molar refractivity (Wildman–Crippen MR) is 145 cm³/mol. The van der Waals surface area contributed by atoms with Gasteiger partial charge < -0.3 is 9.64 Å². The highest BCUT2D eigenvalue weighted by Gasteiger charge is 2.58. The van der Waals surface area contributed by atoms with Crippen LogP contribution in [0.15, 0.2) is 24.3 Å². The summed E-state index contributed by atoms with van der Waals surface area (Å²) in [6, 6.07) is 6.57. The summed E-state index contributed by atoms with van der Waals surface area (Å²) in [7, 11) is 1.93. The molecule has 1 aromatic carbocycles. The molecule has 0 N–H and O–H groups in total. The second-order valence-corrected chi connectivity index (χ2v) is 12.3. The summed E-state index contributed by atoms with van der Waals surface area (Å²) in [6.45, 7) is 10.9. The van der Waals surface area contributed by atoms with Gasteiger partial charge in [-0.15, -0.1) is 0 Å². The van der Waals surface area contributed by atoms with E-state index in [2.05, 4.69) is 13.8 Å². The summed E-state index contributed by atoms with van der Waals surface area (Å²) < 4.78 is 19.1. The minimum absolute atomic E-state index is 0.142. The SMILES string of the molecule is CC.CCOC[C@H]1CCC2C(CCC3C2CCC2(C)C3CC[C@@H]2C(=O)N(C)Cc2ccc(F)cc2)C1. The molecule has 1 aromatic rings. The molecule has 4 aliphatic rings. The van der Waals surface area contributed by atoms with Crippen molar-refractivity contribution in [3.63, 3.8) is 0 Å². The quantitative estimate of drug-likeness (QED) is 0.401. The average molecular weight is 500 g/mol. The number of carbonyl (C=O) groups is 1. The largest absolute Gasteiger partial charge is 0.381 e. The molecular weight excluding hydrogens is 449 g/mol. The van der Waals surface area contributed by atoms with Crippen LogP contribution >= 0.6 is 0 Å². The second-order valence-electron chi connectivity index (χ2n) is 12.3. The molecule has 8 atom stereocenters. The van der Waals surface area contributed by atoms with E-state index < -0.39 is 0 Å². The number of rotatable bonds is 6. The molecule has 4 aliphatic carbocycles. The van der Waals surface area contributed by atoms with Crippen LogP contribution in [-0.4, -0.2) is 31.1 Å². The molecule has 0 bridgehead atoms. The molecule has 1 amide bonds. The lowest BCUT2D eigenvalue weighted by atomic mass is 9.49.